The molecule has 0 radical (unpaired) electrons. The standard InChI is InChI=1S/C17H25N3O2/c1-6-8-14(9-7-2)12-20-13-15(11-19-20)10-18-16(21)22-17(3,4)5/h6-9,11,13H,1,10,12H2,2-5H3,(H,18,21)/b9-7-,14-8+. The fraction of sp³-hybridized carbons (Fsp3) is 0.412. The number of carbonyl (C=O) groups is 1. The summed E-state index contributed by atoms with van der Waals surface area (Å²) in [5, 5.41) is 7.00. The van der Waals surface area contributed by atoms with Crippen molar-refractivity contribution in [1.82, 2.24) is 15.1 Å². The smallest absolute Gasteiger partial charge is 0.407 e. The largest absolute Gasteiger partial charge is 0.444 e. The molecule has 0 spiro atoms. The Labute approximate surface area is 132 Å². The van der Waals surface area contributed by atoms with Crippen LogP contribution in [0.3, 0.4) is 0 Å². The molecule has 5 heteroatoms. The molecule has 1 N–H and O–H groups in total. The molecule has 1 aromatic rings. The minimum absolute atomic E-state index is 0.388. The summed E-state index contributed by atoms with van der Waals surface area (Å²) >= 11 is 0. The molecule has 0 bridgehead atoms. The molecule has 0 aromatic carbocycles. The van der Waals surface area contributed by atoms with Gasteiger partial charge in [0.1, 0.15) is 5.60 Å². The molecule has 120 valence electrons. The fourth-order valence-corrected chi connectivity index (χ4v) is 1.79. The number of nitrogens with one attached hydrogen (secondary N) is 1. The summed E-state index contributed by atoms with van der Waals surface area (Å²) in [6.45, 7) is 12.2. The molecule has 1 heterocycles. The lowest BCUT2D eigenvalue weighted by atomic mass is 10.2. The van der Waals surface area contributed by atoms with Crippen LogP contribution in [0.15, 0.2) is 48.8 Å². The Morgan fingerprint density at radius 2 is 2.23 bits per heavy atom. The lowest BCUT2D eigenvalue weighted by molar-refractivity contribution is 0.0523. The Balaban J connectivity index is 2.56. The maximum atomic E-state index is 11.6. The van der Waals surface area contributed by atoms with Crippen LogP contribution in [0.4, 0.5) is 4.79 Å². The first-order valence-electron chi connectivity index (χ1n) is 7.26. The average molecular weight is 303 g/mol. The number of rotatable bonds is 6. The normalized spacial score (nSPS) is 12.5. The van der Waals surface area contributed by atoms with Gasteiger partial charge in [-0.3, -0.25) is 4.68 Å². The average Bonchev–Trinajstić information content (AvgIpc) is 2.83. The van der Waals surface area contributed by atoms with Gasteiger partial charge >= 0.3 is 6.09 Å². The van der Waals surface area contributed by atoms with Crippen LogP contribution in [-0.4, -0.2) is 21.5 Å². The Hall–Kier alpha value is -2.30. The number of alkyl carbamates (subject to hydrolysis) is 1. The predicted octanol–water partition coefficient (Wildman–Crippen LogP) is 3.60. The van der Waals surface area contributed by atoms with E-state index < -0.39 is 11.7 Å². The zero-order valence-electron chi connectivity index (χ0n) is 13.8. The number of aromatic nitrogens is 2. The van der Waals surface area contributed by atoms with Crippen molar-refractivity contribution in [3.63, 3.8) is 0 Å². The van der Waals surface area contributed by atoms with Crippen LogP contribution >= 0.6 is 0 Å². The predicted molar refractivity (Wildman–Crippen MR) is 88.4 cm³/mol. The summed E-state index contributed by atoms with van der Waals surface area (Å²) in [5.74, 6) is 0. The molecular formula is C17H25N3O2. The van der Waals surface area contributed by atoms with E-state index in [1.54, 1.807) is 12.3 Å². The zero-order chi connectivity index (χ0) is 16.6. The van der Waals surface area contributed by atoms with Crippen molar-refractivity contribution in [1.29, 1.82) is 0 Å². The zero-order valence-corrected chi connectivity index (χ0v) is 13.8. The van der Waals surface area contributed by atoms with E-state index in [-0.39, 0.29) is 0 Å². The van der Waals surface area contributed by atoms with Crippen LogP contribution in [0.5, 0.6) is 0 Å². The van der Waals surface area contributed by atoms with Crippen LogP contribution in [-0.2, 0) is 17.8 Å². The molecular weight excluding hydrogens is 278 g/mol. The summed E-state index contributed by atoms with van der Waals surface area (Å²) in [6.07, 6.45) is 10.9. The first-order valence-corrected chi connectivity index (χ1v) is 7.26. The van der Waals surface area contributed by atoms with Gasteiger partial charge in [0.2, 0.25) is 0 Å². The Morgan fingerprint density at radius 3 is 2.82 bits per heavy atom. The highest BCUT2D eigenvalue weighted by Crippen LogP contribution is 2.08. The third kappa shape index (κ3) is 6.92. The maximum absolute atomic E-state index is 11.6. The van der Waals surface area contributed by atoms with E-state index in [1.165, 1.54) is 0 Å². The minimum Gasteiger partial charge on any atom is -0.444 e. The quantitative estimate of drug-likeness (QED) is 0.817. The second-order valence-electron chi connectivity index (χ2n) is 5.88. The van der Waals surface area contributed by atoms with Crippen molar-refractivity contribution in [2.45, 2.75) is 46.4 Å². The lowest BCUT2D eigenvalue weighted by Crippen LogP contribution is -2.32. The summed E-state index contributed by atoms with van der Waals surface area (Å²) in [4.78, 5) is 11.6. The van der Waals surface area contributed by atoms with Gasteiger partial charge in [0.05, 0.1) is 12.7 Å². The number of allylic oxidation sites excluding steroid dienone is 5. The first kappa shape index (κ1) is 17.8. The van der Waals surface area contributed by atoms with Crippen molar-refractivity contribution in [2.75, 3.05) is 0 Å². The molecule has 1 amide bonds. The third-order valence-corrected chi connectivity index (χ3v) is 2.58. The van der Waals surface area contributed by atoms with Gasteiger partial charge < -0.3 is 10.1 Å². The number of ether oxygens (including phenoxy) is 1. The van der Waals surface area contributed by atoms with Gasteiger partial charge in [-0.05, 0) is 33.3 Å². The van der Waals surface area contributed by atoms with Gasteiger partial charge in [0.15, 0.2) is 0 Å². The number of hydrogen-bond donors (Lipinski definition) is 1. The van der Waals surface area contributed by atoms with Crippen molar-refractivity contribution in [2.24, 2.45) is 0 Å². The van der Waals surface area contributed by atoms with E-state index >= 15 is 0 Å². The molecule has 1 rings (SSSR count). The molecule has 0 fully saturated rings. The molecule has 22 heavy (non-hydrogen) atoms. The highest BCUT2D eigenvalue weighted by atomic mass is 16.6. The number of nitrogens with zero attached hydrogens (tertiary/aromatic N) is 2. The van der Waals surface area contributed by atoms with Crippen molar-refractivity contribution >= 4 is 6.09 Å². The third-order valence-electron chi connectivity index (χ3n) is 2.58. The van der Waals surface area contributed by atoms with Crippen molar-refractivity contribution < 1.29 is 9.53 Å². The second-order valence-corrected chi connectivity index (χ2v) is 5.88. The Bertz CT molecular complexity index is 563. The molecule has 0 atom stereocenters. The van der Waals surface area contributed by atoms with Crippen molar-refractivity contribution in [3.05, 3.63) is 54.4 Å². The Morgan fingerprint density at radius 1 is 1.50 bits per heavy atom. The van der Waals surface area contributed by atoms with Crippen LogP contribution in [0.25, 0.3) is 0 Å². The van der Waals surface area contributed by atoms with Crippen LogP contribution in [0.1, 0.15) is 33.3 Å². The van der Waals surface area contributed by atoms with Gasteiger partial charge in [-0.25, -0.2) is 4.79 Å². The van der Waals surface area contributed by atoms with E-state index in [9.17, 15) is 4.79 Å². The molecule has 1 aromatic heterocycles. The van der Waals surface area contributed by atoms with Gasteiger partial charge in [-0.1, -0.05) is 30.9 Å². The topological polar surface area (TPSA) is 56.2 Å². The lowest BCUT2D eigenvalue weighted by Gasteiger charge is -2.19. The Kier molecular flexibility index (Phi) is 6.63. The van der Waals surface area contributed by atoms with E-state index in [4.69, 9.17) is 4.74 Å². The summed E-state index contributed by atoms with van der Waals surface area (Å²) in [6, 6.07) is 0. The van der Waals surface area contributed by atoms with E-state index in [0.717, 1.165) is 11.1 Å². The van der Waals surface area contributed by atoms with E-state index in [0.29, 0.717) is 13.1 Å². The van der Waals surface area contributed by atoms with Crippen LogP contribution in [0.2, 0.25) is 0 Å². The highest BCUT2D eigenvalue weighted by Gasteiger charge is 2.15. The first-order chi connectivity index (χ1) is 10.3. The van der Waals surface area contributed by atoms with Gasteiger partial charge in [0, 0.05) is 18.3 Å². The van der Waals surface area contributed by atoms with Crippen molar-refractivity contribution in [3.8, 4) is 0 Å². The van der Waals surface area contributed by atoms with Gasteiger partial charge in [-0.15, -0.1) is 0 Å². The minimum atomic E-state index is -0.495. The van der Waals surface area contributed by atoms with Gasteiger partial charge in [-0.2, -0.15) is 5.10 Å². The molecule has 0 saturated heterocycles. The summed E-state index contributed by atoms with van der Waals surface area (Å²) in [5.41, 5.74) is 1.53. The SMILES string of the molecule is C=C/C=C(\C=C/C)Cn1cc(CNC(=O)OC(C)(C)C)cn1. The molecule has 0 aliphatic carbocycles. The highest BCUT2D eigenvalue weighted by molar-refractivity contribution is 5.67. The summed E-state index contributed by atoms with van der Waals surface area (Å²) in [7, 11) is 0. The van der Waals surface area contributed by atoms with Crippen LogP contribution < -0.4 is 5.32 Å². The number of hydrogen-bond acceptors (Lipinski definition) is 3. The second kappa shape index (κ2) is 8.22. The molecule has 0 saturated carbocycles. The molecule has 0 aliphatic rings. The van der Waals surface area contributed by atoms with Crippen LogP contribution in [0, 0.1) is 0 Å². The molecule has 0 unspecified atom stereocenters. The number of carbonyl (C=O) groups excluding carboxylic acids is 1. The fourth-order valence-electron chi connectivity index (χ4n) is 1.79. The molecule has 0 aliphatic heterocycles. The monoisotopic (exact) mass is 303 g/mol. The van der Waals surface area contributed by atoms with Gasteiger partial charge in [0.25, 0.3) is 0 Å². The maximum Gasteiger partial charge on any atom is 0.407 e. The summed E-state index contributed by atoms with van der Waals surface area (Å²) < 4.78 is 7.01. The molecule has 5 nitrogen and oxygen atoms in total. The number of amides is 1. The van der Waals surface area contributed by atoms with E-state index in [1.807, 2.05) is 56.8 Å². The van der Waals surface area contributed by atoms with E-state index in [2.05, 4.69) is 17.0 Å².